The maximum atomic E-state index is 11.4. The highest BCUT2D eigenvalue weighted by Crippen LogP contribution is 2.17. The number of aromatic nitrogens is 1. The van der Waals surface area contributed by atoms with Gasteiger partial charge in [-0.3, -0.25) is 4.79 Å². The molecule has 0 aliphatic carbocycles. The molecular formula is C13H22N2OS. The molecule has 0 radical (unpaired) electrons. The van der Waals surface area contributed by atoms with Crippen molar-refractivity contribution in [1.29, 1.82) is 0 Å². The lowest BCUT2D eigenvalue weighted by Gasteiger charge is -2.02. The molecule has 0 spiro atoms. The Labute approximate surface area is 108 Å². The maximum Gasteiger partial charge on any atom is 0.220 e. The molecule has 4 heteroatoms. The first-order valence-corrected chi connectivity index (χ1v) is 7.22. The van der Waals surface area contributed by atoms with E-state index in [0.29, 0.717) is 18.9 Å². The van der Waals surface area contributed by atoms with Gasteiger partial charge in [0.05, 0.1) is 10.7 Å². The van der Waals surface area contributed by atoms with E-state index in [4.69, 9.17) is 0 Å². The first kappa shape index (κ1) is 14.2. The van der Waals surface area contributed by atoms with E-state index in [1.165, 1.54) is 0 Å². The molecule has 1 rings (SSSR count). The molecule has 0 saturated carbocycles. The van der Waals surface area contributed by atoms with Gasteiger partial charge in [-0.25, -0.2) is 4.98 Å². The van der Waals surface area contributed by atoms with Crippen molar-refractivity contribution >= 4 is 17.2 Å². The molecule has 1 amide bonds. The third-order valence-electron chi connectivity index (χ3n) is 2.58. The Morgan fingerprint density at radius 2 is 2.29 bits per heavy atom. The Morgan fingerprint density at radius 1 is 1.53 bits per heavy atom. The Bertz CT molecular complexity index is 347. The van der Waals surface area contributed by atoms with Gasteiger partial charge in [0.15, 0.2) is 0 Å². The Hall–Kier alpha value is -0.900. The first-order chi connectivity index (χ1) is 8.13. The standard InChI is InChI=1S/C13H22N2OS/c1-4-5-6-12(16)14-8-7-13-15-11(9-17-13)10(2)3/h9-10H,4-8H2,1-3H3,(H,14,16). The molecule has 3 nitrogen and oxygen atoms in total. The third kappa shape index (κ3) is 5.31. The zero-order valence-corrected chi connectivity index (χ0v) is 11.8. The molecule has 1 N–H and O–H groups in total. The first-order valence-electron chi connectivity index (χ1n) is 6.34. The SMILES string of the molecule is CCCCC(=O)NCCc1nc(C(C)C)cs1. The number of thiazole rings is 1. The minimum Gasteiger partial charge on any atom is -0.356 e. The van der Waals surface area contributed by atoms with Crippen molar-refractivity contribution in [3.8, 4) is 0 Å². The van der Waals surface area contributed by atoms with Gasteiger partial charge in [0.1, 0.15) is 0 Å². The van der Waals surface area contributed by atoms with Crippen LogP contribution >= 0.6 is 11.3 Å². The normalized spacial score (nSPS) is 10.8. The summed E-state index contributed by atoms with van der Waals surface area (Å²) in [5.41, 5.74) is 1.15. The Morgan fingerprint density at radius 3 is 2.88 bits per heavy atom. The fraction of sp³-hybridized carbons (Fsp3) is 0.692. The van der Waals surface area contributed by atoms with Crippen molar-refractivity contribution < 1.29 is 4.79 Å². The molecule has 1 aromatic rings. The second-order valence-corrected chi connectivity index (χ2v) is 5.47. The number of nitrogens with one attached hydrogen (secondary N) is 1. The number of nitrogens with zero attached hydrogens (tertiary/aromatic N) is 1. The predicted octanol–water partition coefficient (Wildman–Crippen LogP) is 3.12. The molecule has 0 bridgehead atoms. The van der Waals surface area contributed by atoms with Gasteiger partial charge in [-0.2, -0.15) is 0 Å². The average Bonchev–Trinajstić information content (AvgIpc) is 2.75. The second-order valence-electron chi connectivity index (χ2n) is 4.52. The minimum atomic E-state index is 0.160. The quantitative estimate of drug-likeness (QED) is 0.812. The monoisotopic (exact) mass is 254 g/mol. The molecule has 17 heavy (non-hydrogen) atoms. The molecule has 0 unspecified atom stereocenters. The van der Waals surface area contributed by atoms with E-state index in [1.807, 2.05) is 0 Å². The van der Waals surface area contributed by atoms with Crippen LogP contribution in [0, 0.1) is 0 Å². The topological polar surface area (TPSA) is 42.0 Å². The molecular weight excluding hydrogens is 232 g/mol. The van der Waals surface area contributed by atoms with E-state index in [1.54, 1.807) is 11.3 Å². The fourth-order valence-corrected chi connectivity index (χ4v) is 2.40. The molecule has 0 fully saturated rings. The summed E-state index contributed by atoms with van der Waals surface area (Å²) in [6.45, 7) is 7.08. The summed E-state index contributed by atoms with van der Waals surface area (Å²) in [5, 5.41) is 6.16. The largest absolute Gasteiger partial charge is 0.356 e. The summed E-state index contributed by atoms with van der Waals surface area (Å²) in [6, 6.07) is 0. The highest BCUT2D eigenvalue weighted by Gasteiger charge is 2.06. The number of carbonyl (C=O) groups excluding carboxylic acids is 1. The zero-order valence-electron chi connectivity index (χ0n) is 11.0. The van der Waals surface area contributed by atoms with E-state index in [2.05, 4.69) is 36.5 Å². The van der Waals surface area contributed by atoms with Crippen molar-refractivity contribution in [2.75, 3.05) is 6.54 Å². The van der Waals surface area contributed by atoms with Gasteiger partial charge >= 0.3 is 0 Å². The lowest BCUT2D eigenvalue weighted by atomic mass is 10.2. The van der Waals surface area contributed by atoms with Crippen LogP contribution in [0.15, 0.2) is 5.38 Å². The summed E-state index contributed by atoms with van der Waals surface area (Å²) in [6.07, 6.45) is 3.53. The van der Waals surface area contributed by atoms with E-state index in [9.17, 15) is 4.79 Å². The van der Waals surface area contributed by atoms with Crippen LogP contribution in [0.5, 0.6) is 0 Å². The highest BCUT2D eigenvalue weighted by atomic mass is 32.1. The fourth-order valence-electron chi connectivity index (χ4n) is 1.44. The van der Waals surface area contributed by atoms with E-state index in [0.717, 1.165) is 30.0 Å². The summed E-state index contributed by atoms with van der Waals surface area (Å²) < 4.78 is 0. The molecule has 96 valence electrons. The number of amides is 1. The number of rotatable bonds is 7. The molecule has 0 atom stereocenters. The van der Waals surface area contributed by atoms with Crippen LogP contribution in [-0.2, 0) is 11.2 Å². The van der Waals surface area contributed by atoms with Crippen LogP contribution < -0.4 is 5.32 Å². The smallest absolute Gasteiger partial charge is 0.220 e. The van der Waals surface area contributed by atoms with Gasteiger partial charge in [-0.15, -0.1) is 11.3 Å². The molecule has 1 aromatic heterocycles. The Kier molecular flexibility index (Phi) is 6.19. The van der Waals surface area contributed by atoms with Crippen molar-refractivity contribution in [2.24, 2.45) is 0 Å². The van der Waals surface area contributed by atoms with E-state index < -0.39 is 0 Å². The Balaban J connectivity index is 2.23. The number of hydrogen-bond donors (Lipinski definition) is 1. The van der Waals surface area contributed by atoms with Crippen molar-refractivity contribution in [3.05, 3.63) is 16.1 Å². The summed E-state index contributed by atoms with van der Waals surface area (Å²) >= 11 is 1.68. The van der Waals surface area contributed by atoms with Crippen molar-refractivity contribution in [2.45, 2.75) is 52.4 Å². The molecule has 0 aliphatic rings. The molecule has 1 heterocycles. The van der Waals surface area contributed by atoms with Crippen LogP contribution in [0.25, 0.3) is 0 Å². The highest BCUT2D eigenvalue weighted by molar-refractivity contribution is 7.09. The van der Waals surface area contributed by atoms with Gasteiger partial charge in [-0.05, 0) is 12.3 Å². The van der Waals surface area contributed by atoms with Crippen LogP contribution in [0.4, 0.5) is 0 Å². The summed E-state index contributed by atoms with van der Waals surface area (Å²) in [4.78, 5) is 15.9. The van der Waals surface area contributed by atoms with Crippen LogP contribution in [-0.4, -0.2) is 17.4 Å². The predicted molar refractivity (Wildman–Crippen MR) is 72.4 cm³/mol. The number of carbonyl (C=O) groups is 1. The van der Waals surface area contributed by atoms with Crippen molar-refractivity contribution in [3.63, 3.8) is 0 Å². The minimum absolute atomic E-state index is 0.160. The average molecular weight is 254 g/mol. The van der Waals surface area contributed by atoms with Gasteiger partial charge in [0.2, 0.25) is 5.91 Å². The van der Waals surface area contributed by atoms with Gasteiger partial charge in [-0.1, -0.05) is 27.2 Å². The van der Waals surface area contributed by atoms with Gasteiger partial charge < -0.3 is 5.32 Å². The lowest BCUT2D eigenvalue weighted by molar-refractivity contribution is -0.121. The summed E-state index contributed by atoms with van der Waals surface area (Å²) in [5.74, 6) is 0.645. The van der Waals surface area contributed by atoms with Gasteiger partial charge in [0.25, 0.3) is 0 Å². The molecule has 0 aliphatic heterocycles. The number of hydrogen-bond acceptors (Lipinski definition) is 3. The van der Waals surface area contributed by atoms with Crippen molar-refractivity contribution in [1.82, 2.24) is 10.3 Å². The van der Waals surface area contributed by atoms with Crippen LogP contribution in [0.3, 0.4) is 0 Å². The maximum absolute atomic E-state index is 11.4. The third-order valence-corrected chi connectivity index (χ3v) is 3.51. The number of unbranched alkanes of at least 4 members (excludes halogenated alkanes) is 1. The van der Waals surface area contributed by atoms with Crippen LogP contribution in [0.1, 0.15) is 56.7 Å². The van der Waals surface area contributed by atoms with Crippen LogP contribution in [0.2, 0.25) is 0 Å². The molecule has 0 saturated heterocycles. The second kappa shape index (κ2) is 7.43. The van der Waals surface area contributed by atoms with Gasteiger partial charge in [0, 0.05) is 24.8 Å². The summed E-state index contributed by atoms with van der Waals surface area (Å²) in [7, 11) is 0. The molecule has 0 aromatic carbocycles. The zero-order chi connectivity index (χ0) is 12.7. The van der Waals surface area contributed by atoms with E-state index >= 15 is 0 Å². The lowest BCUT2D eigenvalue weighted by Crippen LogP contribution is -2.25. The van der Waals surface area contributed by atoms with E-state index in [-0.39, 0.29) is 5.91 Å².